The van der Waals surface area contributed by atoms with E-state index in [1.54, 1.807) is 18.6 Å². The molecule has 3 aromatic rings. The molecule has 5 heteroatoms. The fourth-order valence-electron chi connectivity index (χ4n) is 2.09. The van der Waals surface area contributed by atoms with Crippen LogP contribution in [0.4, 0.5) is 5.69 Å². The number of rotatable bonds is 4. The van der Waals surface area contributed by atoms with E-state index in [9.17, 15) is 5.11 Å². The van der Waals surface area contributed by atoms with Gasteiger partial charge < -0.3 is 15.0 Å². The van der Waals surface area contributed by atoms with E-state index in [0.717, 1.165) is 16.9 Å². The number of aromatic hydroxyl groups is 1. The van der Waals surface area contributed by atoms with Crippen molar-refractivity contribution in [3.8, 4) is 11.4 Å². The third kappa shape index (κ3) is 3.01. The van der Waals surface area contributed by atoms with E-state index in [4.69, 9.17) is 11.6 Å². The van der Waals surface area contributed by atoms with Crippen LogP contribution in [0.2, 0.25) is 5.02 Å². The average molecular weight is 300 g/mol. The minimum Gasteiger partial charge on any atom is -0.506 e. The molecule has 0 saturated heterocycles. The lowest BCUT2D eigenvalue weighted by atomic mass is 10.2. The van der Waals surface area contributed by atoms with Crippen molar-refractivity contribution in [1.82, 2.24) is 9.55 Å². The number of imidazole rings is 1. The van der Waals surface area contributed by atoms with E-state index in [1.165, 1.54) is 0 Å². The Bertz CT molecular complexity index is 741. The Labute approximate surface area is 127 Å². The van der Waals surface area contributed by atoms with Crippen LogP contribution >= 0.6 is 11.6 Å². The van der Waals surface area contributed by atoms with Gasteiger partial charge in [0.2, 0.25) is 0 Å². The molecule has 2 N–H and O–H groups in total. The summed E-state index contributed by atoms with van der Waals surface area (Å²) in [6.45, 7) is 0.500. The maximum absolute atomic E-state index is 9.90. The van der Waals surface area contributed by atoms with Gasteiger partial charge in [0.25, 0.3) is 0 Å². The molecule has 0 amide bonds. The lowest BCUT2D eigenvalue weighted by Crippen LogP contribution is -2.00. The maximum Gasteiger partial charge on any atom is 0.139 e. The molecule has 3 rings (SSSR count). The molecule has 106 valence electrons. The van der Waals surface area contributed by atoms with Crippen molar-refractivity contribution in [2.24, 2.45) is 0 Å². The van der Waals surface area contributed by atoms with Gasteiger partial charge in [-0.15, -0.1) is 0 Å². The highest BCUT2D eigenvalue weighted by Gasteiger charge is 2.05. The van der Waals surface area contributed by atoms with Crippen LogP contribution < -0.4 is 5.32 Å². The highest BCUT2D eigenvalue weighted by Crippen LogP contribution is 2.27. The summed E-state index contributed by atoms with van der Waals surface area (Å²) in [6.07, 6.45) is 5.38. The van der Waals surface area contributed by atoms with Gasteiger partial charge >= 0.3 is 0 Å². The van der Waals surface area contributed by atoms with Gasteiger partial charge in [-0.2, -0.15) is 0 Å². The molecule has 0 saturated carbocycles. The normalized spacial score (nSPS) is 10.5. The summed E-state index contributed by atoms with van der Waals surface area (Å²) in [5, 5.41) is 13.5. The Morgan fingerprint density at radius 1 is 1.19 bits per heavy atom. The van der Waals surface area contributed by atoms with Gasteiger partial charge in [0.05, 0.1) is 11.3 Å². The first-order chi connectivity index (χ1) is 10.2. The molecule has 0 radical (unpaired) electrons. The summed E-state index contributed by atoms with van der Waals surface area (Å²) in [5.74, 6) is 0.123. The maximum atomic E-state index is 9.90. The van der Waals surface area contributed by atoms with Crippen LogP contribution in [0.25, 0.3) is 5.69 Å². The molecule has 0 unspecified atom stereocenters. The Kier molecular flexibility index (Phi) is 3.79. The van der Waals surface area contributed by atoms with Crippen LogP contribution in [0, 0.1) is 0 Å². The first-order valence-corrected chi connectivity index (χ1v) is 6.90. The van der Waals surface area contributed by atoms with Gasteiger partial charge in [-0.3, -0.25) is 0 Å². The molecule has 0 aliphatic carbocycles. The number of hydrogen-bond acceptors (Lipinski definition) is 3. The van der Waals surface area contributed by atoms with Gasteiger partial charge in [-0.05, 0) is 24.3 Å². The van der Waals surface area contributed by atoms with Crippen molar-refractivity contribution < 1.29 is 5.11 Å². The van der Waals surface area contributed by atoms with Gasteiger partial charge in [0, 0.05) is 35.9 Å². The molecule has 0 aliphatic rings. The van der Waals surface area contributed by atoms with Crippen molar-refractivity contribution in [3.05, 3.63) is 71.8 Å². The highest BCUT2D eigenvalue weighted by molar-refractivity contribution is 6.32. The van der Waals surface area contributed by atoms with Gasteiger partial charge in [-0.25, -0.2) is 4.98 Å². The largest absolute Gasteiger partial charge is 0.506 e. The number of para-hydroxylation sites is 1. The number of benzene rings is 2. The number of hydrogen-bond donors (Lipinski definition) is 2. The molecule has 1 heterocycles. The van der Waals surface area contributed by atoms with Crippen LogP contribution in [-0.2, 0) is 6.54 Å². The van der Waals surface area contributed by atoms with E-state index in [-0.39, 0.29) is 5.75 Å². The second kappa shape index (κ2) is 5.89. The average Bonchev–Trinajstić information content (AvgIpc) is 3.03. The van der Waals surface area contributed by atoms with Crippen LogP contribution in [0.3, 0.4) is 0 Å². The summed E-state index contributed by atoms with van der Waals surface area (Å²) in [4.78, 5) is 4.04. The first-order valence-electron chi connectivity index (χ1n) is 6.52. The summed E-state index contributed by atoms with van der Waals surface area (Å²) in [5.41, 5.74) is 2.74. The van der Waals surface area contributed by atoms with Gasteiger partial charge in [0.1, 0.15) is 5.75 Å². The van der Waals surface area contributed by atoms with Crippen molar-refractivity contribution in [1.29, 1.82) is 0 Å². The number of halogens is 1. The lowest BCUT2D eigenvalue weighted by molar-refractivity contribution is 0.469. The smallest absolute Gasteiger partial charge is 0.139 e. The first kappa shape index (κ1) is 13.5. The molecule has 0 spiro atoms. The third-order valence-electron chi connectivity index (χ3n) is 3.20. The lowest BCUT2D eigenvalue weighted by Gasteiger charge is -2.10. The number of nitrogens with one attached hydrogen (secondary N) is 1. The van der Waals surface area contributed by atoms with Gasteiger partial charge in [0.15, 0.2) is 0 Å². The zero-order valence-corrected chi connectivity index (χ0v) is 12.0. The monoisotopic (exact) mass is 299 g/mol. The predicted molar refractivity (Wildman–Crippen MR) is 84.0 cm³/mol. The van der Waals surface area contributed by atoms with Gasteiger partial charge in [-0.1, -0.05) is 29.8 Å². The number of anilines is 1. The van der Waals surface area contributed by atoms with E-state index in [2.05, 4.69) is 10.3 Å². The Balaban J connectivity index is 1.77. The minimum atomic E-state index is 0.123. The number of aromatic nitrogens is 2. The number of phenolic OH excluding ortho intramolecular Hbond substituents is 1. The number of phenols is 1. The fourth-order valence-corrected chi connectivity index (χ4v) is 2.28. The summed E-state index contributed by atoms with van der Waals surface area (Å²) in [6, 6.07) is 13.3. The van der Waals surface area contributed by atoms with Crippen LogP contribution in [-0.4, -0.2) is 14.7 Å². The summed E-state index contributed by atoms with van der Waals surface area (Å²) < 4.78 is 1.93. The number of nitrogens with zero attached hydrogens (tertiary/aromatic N) is 2. The SMILES string of the molecule is Oc1c(Cl)cccc1CNc1cccc(-n2ccnc2)c1. The molecule has 2 aromatic carbocycles. The molecular formula is C16H14ClN3O. The fraction of sp³-hybridized carbons (Fsp3) is 0.0625. The summed E-state index contributed by atoms with van der Waals surface area (Å²) >= 11 is 5.90. The van der Waals surface area contributed by atoms with E-state index < -0.39 is 0 Å². The molecule has 1 aromatic heterocycles. The zero-order valence-electron chi connectivity index (χ0n) is 11.2. The zero-order chi connectivity index (χ0) is 14.7. The quantitative estimate of drug-likeness (QED) is 0.769. The second-order valence-corrected chi connectivity index (χ2v) is 5.03. The Hall–Kier alpha value is -2.46. The standard InChI is InChI=1S/C16H14ClN3O/c17-15-6-1-3-12(16(15)21)10-19-13-4-2-5-14(9-13)20-8-7-18-11-20/h1-9,11,19,21H,10H2. The topological polar surface area (TPSA) is 50.1 Å². The predicted octanol–water partition coefficient (Wildman–Crippen LogP) is 3.84. The van der Waals surface area contributed by atoms with Crippen LogP contribution in [0.1, 0.15) is 5.56 Å². The van der Waals surface area contributed by atoms with Crippen LogP contribution in [0.5, 0.6) is 5.75 Å². The molecule has 0 atom stereocenters. The molecular weight excluding hydrogens is 286 g/mol. The van der Waals surface area contributed by atoms with Crippen molar-refractivity contribution >= 4 is 17.3 Å². The van der Waals surface area contributed by atoms with E-state index in [1.807, 2.05) is 47.2 Å². The third-order valence-corrected chi connectivity index (χ3v) is 3.51. The van der Waals surface area contributed by atoms with Crippen molar-refractivity contribution in [2.75, 3.05) is 5.32 Å². The van der Waals surface area contributed by atoms with Crippen molar-refractivity contribution in [2.45, 2.75) is 6.54 Å². The molecule has 0 aliphatic heterocycles. The molecule has 21 heavy (non-hydrogen) atoms. The summed E-state index contributed by atoms with van der Waals surface area (Å²) in [7, 11) is 0. The molecule has 4 nitrogen and oxygen atoms in total. The van der Waals surface area contributed by atoms with Crippen molar-refractivity contribution in [3.63, 3.8) is 0 Å². The second-order valence-electron chi connectivity index (χ2n) is 4.62. The molecule has 0 fully saturated rings. The van der Waals surface area contributed by atoms with Crippen LogP contribution in [0.15, 0.2) is 61.2 Å². The minimum absolute atomic E-state index is 0.123. The van der Waals surface area contributed by atoms with E-state index in [0.29, 0.717) is 11.6 Å². The Morgan fingerprint density at radius 3 is 2.86 bits per heavy atom. The molecule has 0 bridgehead atoms. The highest BCUT2D eigenvalue weighted by atomic mass is 35.5. The Morgan fingerprint density at radius 2 is 2.05 bits per heavy atom. The van der Waals surface area contributed by atoms with E-state index >= 15 is 0 Å².